The second-order valence-corrected chi connectivity index (χ2v) is 3.89. The summed E-state index contributed by atoms with van der Waals surface area (Å²) in [4.78, 5) is 15.2. The van der Waals surface area contributed by atoms with Crippen LogP contribution in [0.1, 0.15) is 15.9 Å². The third-order valence-corrected chi connectivity index (χ3v) is 2.54. The van der Waals surface area contributed by atoms with Crippen molar-refractivity contribution in [3.63, 3.8) is 0 Å². The fourth-order valence-corrected chi connectivity index (χ4v) is 1.66. The Labute approximate surface area is 99.3 Å². The van der Waals surface area contributed by atoms with Gasteiger partial charge in [-0.15, -0.1) is 0 Å². The summed E-state index contributed by atoms with van der Waals surface area (Å²) in [6, 6.07) is 9.58. The van der Waals surface area contributed by atoms with E-state index in [-0.39, 0.29) is 11.4 Å². The largest absolute Gasteiger partial charge is 0.383 e. The molecule has 4 nitrogen and oxygen atoms in total. The number of carbonyl (C=O) groups is 1. The molecule has 0 aliphatic heterocycles. The van der Waals surface area contributed by atoms with Crippen LogP contribution in [0.2, 0.25) is 0 Å². The van der Waals surface area contributed by atoms with Crippen molar-refractivity contribution in [2.45, 2.75) is 6.92 Å². The molecule has 1 heterocycles. The van der Waals surface area contributed by atoms with Crippen molar-refractivity contribution in [2.75, 3.05) is 5.73 Å². The molecule has 0 aliphatic rings. The number of nitrogen functional groups attached to an aromatic ring is 1. The van der Waals surface area contributed by atoms with Gasteiger partial charge in [0.05, 0.1) is 5.56 Å². The van der Waals surface area contributed by atoms with Crippen LogP contribution in [0.5, 0.6) is 0 Å². The summed E-state index contributed by atoms with van der Waals surface area (Å²) in [5.41, 5.74) is 14.0. The van der Waals surface area contributed by atoms with Crippen LogP contribution in [-0.2, 0) is 0 Å². The van der Waals surface area contributed by atoms with Crippen LogP contribution in [0.3, 0.4) is 0 Å². The smallest absolute Gasteiger partial charge is 0.252 e. The van der Waals surface area contributed by atoms with Crippen LogP contribution in [0.25, 0.3) is 11.1 Å². The molecule has 0 aliphatic carbocycles. The lowest BCUT2D eigenvalue weighted by Crippen LogP contribution is -2.14. The van der Waals surface area contributed by atoms with E-state index < -0.39 is 5.91 Å². The van der Waals surface area contributed by atoms with Crippen molar-refractivity contribution in [1.82, 2.24) is 4.98 Å². The van der Waals surface area contributed by atoms with Gasteiger partial charge in [-0.05, 0) is 18.6 Å². The number of nitrogens with zero attached hydrogens (tertiary/aromatic N) is 1. The van der Waals surface area contributed by atoms with Gasteiger partial charge in [0, 0.05) is 11.8 Å². The Bertz CT molecular complexity index is 579. The summed E-state index contributed by atoms with van der Waals surface area (Å²) >= 11 is 0. The molecule has 1 aromatic heterocycles. The van der Waals surface area contributed by atoms with Crippen molar-refractivity contribution >= 4 is 11.7 Å². The SMILES string of the molecule is Cc1cccc(-c2cnc(N)c(C(N)=O)c2)c1. The first kappa shape index (κ1) is 11.1. The number of anilines is 1. The Kier molecular flexibility index (Phi) is 2.78. The first-order valence-corrected chi connectivity index (χ1v) is 5.20. The molecule has 4 heteroatoms. The fraction of sp³-hybridized carbons (Fsp3) is 0.0769. The Balaban J connectivity index is 2.54. The van der Waals surface area contributed by atoms with Crippen molar-refractivity contribution in [3.05, 3.63) is 47.7 Å². The van der Waals surface area contributed by atoms with Crippen molar-refractivity contribution in [3.8, 4) is 11.1 Å². The number of amides is 1. The van der Waals surface area contributed by atoms with Gasteiger partial charge in [0.2, 0.25) is 0 Å². The van der Waals surface area contributed by atoms with Gasteiger partial charge in [0.1, 0.15) is 5.82 Å². The average Bonchev–Trinajstić information content (AvgIpc) is 2.29. The highest BCUT2D eigenvalue weighted by molar-refractivity contribution is 5.98. The summed E-state index contributed by atoms with van der Waals surface area (Å²) in [5, 5.41) is 0. The normalized spacial score (nSPS) is 10.2. The van der Waals surface area contributed by atoms with Crippen LogP contribution >= 0.6 is 0 Å². The molecule has 0 radical (unpaired) electrons. The number of pyridine rings is 1. The number of nitrogens with two attached hydrogens (primary N) is 2. The number of aryl methyl sites for hydroxylation is 1. The highest BCUT2D eigenvalue weighted by Gasteiger charge is 2.09. The number of carbonyl (C=O) groups excluding carboxylic acids is 1. The van der Waals surface area contributed by atoms with Gasteiger partial charge in [-0.25, -0.2) is 4.98 Å². The number of benzene rings is 1. The molecule has 0 fully saturated rings. The van der Waals surface area contributed by atoms with E-state index in [0.717, 1.165) is 16.7 Å². The maximum Gasteiger partial charge on any atom is 0.252 e. The van der Waals surface area contributed by atoms with Crippen LogP contribution in [0.4, 0.5) is 5.82 Å². The van der Waals surface area contributed by atoms with Crippen molar-refractivity contribution in [1.29, 1.82) is 0 Å². The predicted octanol–water partition coefficient (Wildman–Crippen LogP) is 1.74. The lowest BCUT2D eigenvalue weighted by atomic mass is 10.0. The molecule has 86 valence electrons. The topological polar surface area (TPSA) is 82.0 Å². The molecule has 0 spiro atoms. The zero-order chi connectivity index (χ0) is 12.4. The molecule has 1 aromatic carbocycles. The Morgan fingerprint density at radius 3 is 2.65 bits per heavy atom. The van der Waals surface area contributed by atoms with Crippen LogP contribution in [-0.4, -0.2) is 10.9 Å². The van der Waals surface area contributed by atoms with Gasteiger partial charge in [-0.3, -0.25) is 4.79 Å². The standard InChI is InChI=1S/C13H13N3O/c1-8-3-2-4-9(5-8)10-6-11(13(15)17)12(14)16-7-10/h2-7H,1H3,(H2,14,16)(H2,15,17). The summed E-state index contributed by atoms with van der Waals surface area (Å²) < 4.78 is 0. The molecule has 1 amide bonds. The summed E-state index contributed by atoms with van der Waals surface area (Å²) in [7, 11) is 0. The third-order valence-electron chi connectivity index (χ3n) is 2.54. The maximum absolute atomic E-state index is 11.2. The lowest BCUT2D eigenvalue weighted by Gasteiger charge is -2.06. The number of rotatable bonds is 2. The average molecular weight is 227 g/mol. The van der Waals surface area contributed by atoms with Gasteiger partial charge < -0.3 is 11.5 Å². The minimum atomic E-state index is -0.565. The number of aromatic nitrogens is 1. The van der Waals surface area contributed by atoms with Gasteiger partial charge in [0.15, 0.2) is 0 Å². The van der Waals surface area contributed by atoms with Crippen LogP contribution < -0.4 is 11.5 Å². The van der Waals surface area contributed by atoms with E-state index in [0.29, 0.717) is 0 Å². The zero-order valence-electron chi connectivity index (χ0n) is 9.47. The fourth-order valence-electron chi connectivity index (χ4n) is 1.66. The Morgan fingerprint density at radius 2 is 2.00 bits per heavy atom. The van der Waals surface area contributed by atoms with Gasteiger partial charge in [-0.1, -0.05) is 29.8 Å². The maximum atomic E-state index is 11.2. The van der Waals surface area contributed by atoms with E-state index in [9.17, 15) is 4.79 Å². The molecule has 0 unspecified atom stereocenters. The number of hydrogen-bond acceptors (Lipinski definition) is 3. The number of primary amides is 1. The van der Waals surface area contributed by atoms with Crippen molar-refractivity contribution < 1.29 is 4.79 Å². The quantitative estimate of drug-likeness (QED) is 0.819. The predicted molar refractivity (Wildman–Crippen MR) is 67.3 cm³/mol. The first-order valence-electron chi connectivity index (χ1n) is 5.20. The van der Waals surface area contributed by atoms with Gasteiger partial charge in [-0.2, -0.15) is 0 Å². The molecular weight excluding hydrogens is 214 g/mol. The molecule has 17 heavy (non-hydrogen) atoms. The summed E-state index contributed by atoms with van der Waals surface area (Å²) in [6.07, 6.45) is 1.64. The molecule has 0 bridgehead atoms. The van der Waals surface area contributed by atoms with Crippen LogP contribution in [0.15, 0.2) is 36.5 Å². The molecule has 2 rings (SSSR count). The first-order chi connectivity index (χ1) is 8.08. The Hall–Kier alpha value is -2.36. The van der Waals surface area contributed by atoms with E-state index in [1.54, 1.807) is 12.3 Å². The van der Waals surface area contributed by atoms with E-state index in [4.69, 9.17) is 11.5 Å². The summed E-state index contributed by atoms with van der Waals surface area (Å²) in [6.45, 7) is 2.00. The Morgan fingerprint density at radius 1 is 1.24 bits per heavy atom. The molecular formula is C13H13N3O. The molecule has 4 N–H and O–H groups in total. The second-order valence-electron chi connectivity index (χ2n) is 3.89. The molecule has 0 saturated heterocycles. The van der Waals surface area contributed by atoms with E-state index >= 15 is 0 Å². The highest BCUT2D eigenvalue weighted by atomic mass is 16.1. The van der Waals surface area contributed by atoms with Crippen LogP contribution in [0, 0.1) is 6.92 Å². The molecule has 2 aromatic rings. The van der Waals surface area contributed by atoms with Gasteiger partial charge >= 0.3 is 0 Å². The van der Waals surface area contributed by atoms with E-state index in [1.165, 1.54) is 0 Å². The lowest BCUT2D eigenvalue weighted by molar-refractivity contribution is 0.100. The zero-order valence-corrected chi connectivity index (χ0v) is 9.47. The van der Waals surface area contributed by atoms with Crippen molar-refractivity contribution in [2.24, 2.45) is 5.73 Å². The monoisotopic (exact) mass is 227 g/mol. The highest BCUT2D eigenvalue weighted by Crippen LogP contribution is 2.22. The molecule has 0 saturated carbocycles. The van der Waals surface area contributed by atoms with Gasteiger partial charge in [0.25, 0.3) is 5.91 Å². The summed E-state index contributed by atoms with van der Waals surface area (Å²) in [5.74, 6) is -0.404. The third kappa shape index (κ3) is 2.25. The van der Waals surface area contributed by atoms with E-state index in [2.05, 4.69) is 4.98 Å². The van der Waals surface area contributed by atoms with E-state index in [1.807, 2.05) is 31.2 Å². The minimum absolute atomic E-state index is 0.161. The molecule has 0 atom stereocenters. The number of hydrogen-bond donors (Lipinski definition) is 2. The minimum Gasteiger partial charge on any atom is -0.383 e. The second kappa shape index (κ2) is 4.25.